The van der Waals surface area contributed by atoms with Crippen LogP contribution in [0.5, 0.6) is 0 Å². The molecule has 0 spiro atoms. The second kappa shape index (κ2) is 20.6. The standard InChI is InChI=1S/C9H7FN2O2.C9H10O2.C8H12N2.C3H9N/c1-11-8-6(4-13)14-5-2-3-7(10)12-9(5)8;1-2-5-9(8-11)6-3-4-7-10;1-3-7-4-5-8(9-2)10-6-7;1-4(2)3/h2-4,11H,1H3;2-8H,1H3;4-6H,3H2,1-2H3,(H,9,10);1-3H3/b;4-3+,5-2-,9-6+;;. The number of hydrogen-bond donors (Lipinski definition) is 2. The number of rotatable bonds is 8. The molecule has 3 rings (SSSR count). The number of anilines is 2. The summed E-state index contributed by atoms with van der Waals surface area (Å²) in [5.74, 6) is 0.449. The molecule has 3 aromatic rings. The Hall–Kier alpha value is -4.44. The van der Waals surface area contributed by atoms with Crippen LogP contribution in [0, 0.1) is 5.95 Å². The summed E-state index contributed by atoms with van der Waals surface area (Å²) >= 11 is 0. The van der Waals surface area contributed by atoms with E-state index in [9.17, 15) is 18.8 Å². The van der Waals surface area contributed by atoms with Crippen molar-refractivity contribution in [2.24, 2.45) is 0 Å². The summed E-state index contributed by atoms with van der Waals surface area (Å²) in [6.07, 6.45) is 12.8. The van der Waals surface area contributed by atoms with Gasteiger partial charge in [-0.3, -0.25) is 14.4 Å². The summed E-state index contributed by atoms with van der Waals surface area (Å²) in [7, 11) is 9.48. The third-order valence-electron chi connectivity index (χ3n) is 4.35. The van der Waals surface area contributed by atoms with E-state index in [0.29, 0.717) is 34.9 Å². The van der Waals surface area contributed by atoms with Gasteiger partial charge in [0.1, 0.15) is 29.6 Å². The van der Waals surface area contributed by atoms with E-state index in [0.717, 1.165) is 18.5 Å². The number of nitrogens with one attached hydrogen (secondary N) is 2. The number of carbonyl (C=O) groups is 3. The van der Waals surface area contributed by atoms with Gasteiger partial charge >= 0.3 is 0 Å². The molecule has 0 amide bonds. The van der Waals surface area contributed by atoms with Crippen molar-refractivity contribution in [1.29, 1.82) is 0 Å². The fourth-order valence-electron chi connectivity index (χ4n) is 2.61. The van der Waals surface area contributed by atoms with Crippen molar-refractivity contribution in [3.63, 3.8) is 0 Å². The topological polar surface area (TPSA) is 117 Å². The van der Waals surface area contributed by atoms with Gasteiger partial charge in [-0.15, -0.1) is 0 Å². The number of aromatic nitrogens is 2. The lowest BCUT2D eigenvalue weighted by Crippen LogP contribution is -1.99. The van der Waals surface area contributed by atoms with E-state index in [1.807, 2.05) is 52.3 Å². The molecular weight excluding hydrogens is 501 g/mol. The highest BCUT2D eigenvalue weighted by Gasteiger charge is 2.13. The highest BCUT2D eigenvalue weighted by atomic mass is 19.1. The third-order valence-corrected chi connectivity index (χ3v) is 4.35. The number of furan rings is 1. The predicted octanol–water partition coefficient (Wildman–Crippen LogP) is 5.13. The van der Waals surface area contributed by atoms with Crippen molar-refractivity contribution in [3.8, 4) is 0 Å². The summed E-state index contributed by atoms with van der Waals surface area (Å²) < 4.78 is 17.9. The molecule has 0 saturated heterocycles. The first-order chi connectivity index (χ1) is 18.7. The van der Waals surface area contributed by atoms with Crippen molar-refractivity contribution >= 4 is 41.5 Å². The Balaban J connectivity index is 0.000000527. The molecule has 10 heteroatoms. The number of hydrogen-bond acceptors (Lipinski definition) is 9. The van der Waals surface area contributed by atoms with E-state index in [4.69, 9.17) is 4.42 Å². The van der Waals surface area contributed by atoms with Crippen molar-refractivity contribution in [1.82, 2.24) is 14.9 Å². The van der Waals surface area contributed by atoms with E-state index < -0.39 is 5.95 Å². The second-order valence-corrected chi connectivity index (χ2v) is 7.99. The Kier molecular flexibility index (Phi) is 18.3. The number of halogens is 1. The van der Waals surface area contributed by atoms with Gasteiger partial charge in [-0.2, -0.15) is 4.39 Å². The van der Waals surface area contributed by atoms with Gasteiger partial charge in [0.2, 0.25) is 5.95 Å². The largest absolute Gasteiger partial charge is 0.449 e. The minimum absolute atomic E-state index is 0.126. The van der Waals surface area contributed by atoms with Gasteiger partial charge in [0, 0.05) is 25.9 Å². The van der Waals surface area contributed by atoms with Gasteiger partial charge in [0.25, 0.3) is 0 Å². The lowest BCUT2D eigenvalue weighted by Gasteiger charge is -1.98. The number of pyridine rings is 2. The Labute approximate surface area is 229 Å². The highest BCUT2D eigenvalue weighted by Crippen LogP contribution is 2.27. The van der Waals surface area contributed by atoms with Crippen LogP contribution in [0.2, 0.25) is 0 Å². The molecule has 0 aliphatic heterocycles. The molecule has 2 N–H and O–H groups in total. The van der Waals surface area contributed by atoms with E-state index in [1.54, 1.807) is 25.3 Å². The highest BCUT2D eigenvalue weighted by molar-refractivity contribution is 5.96. The summed E-state index contributed by atoms with van der Waals surface area (Å²) in [5, 5.41) is 5.71. The first-order valence-electron chi connectivity index (χ1n) is 12.1. The Bertz CT molecular complexity index is 1210. The number of aryl methyl sites for hydroxylation is 1. The van der Waals surface area contributed by atoms with Crippen molar-refractivity contribution in [2.45, 2.75) is 20.3 Å². The molecule has 0 aliphatic carbocycles. The molecule has 0 aromatic carbocycles. The maximum absolute atomic E-state index is 12.8. The summed E-state index contributed by atoms with van der Waals surface area (Å²) in [6.45, 7) is 3.94. The second-order valence-electron chi connectivity index (χ2n) is 7.99. The van der Waals surface area contributed by atoms with E-state index >= 15 is 0 Å². The lowest BCUT2D eigenvalue weighted by molar-refractivity contribution is -0.105. The van der Waals surface area contributed by atoms with Gasteiger partial charge in [-0.25, -0.2) is 9.97 Å². The molecule has 0 atom stereocenters. The van der Waals surface area contributed by atoms with Gasteiger partial charge in [-0.05, 0) is 64.3 Å². The fourth-order valence-corrected chi connectivity index (χ4v) is 2.61. The van der Waals surface area contributed by atoms with Crippen molar-refractivity contribution in [3.05, 3.63) is 83.7 Å². The van der Waals surface area contributed by atoms with Gasteiger partial charge in [-0.1, -0.05) is 37.3 Å². The average molecular weight is 540 g/mol. The van der Waals surface area contributed by atoms with Crippen LogP contribution in [0.4, 0.5) is 15.9 Å². The van der Waals surface area contributed by atoms with Gasteiger partial charge < -0.3 is 20.0 Å². The van der Waals surface area contributed by atoms with E-state index in [2.05, 4.69) is 33.6 Å². The normalized spacial score (nSPS) is 10.6. The van der Waals surface area contributed by atoms with Crippen LogP contribution in [0.25, 0.3) is 11.1 Å². The molecule has 3 aromatic heterocycles. The maximum Gasteiger partial charge on any atom is 0.213 e. The first-order valence-corrected chi connectivity index (χ1v) is 12.1. The fraction of sp³-hybridized carbons (Fsp3) is 0.276. The van der Waals surface area contributed by atoms with Crippen LogP contribution in [0.1, 0.15) is 30.0 Å². The molecule has 3 heterocycles. The third kappa shape index (κ3) is 14.2. The maximum atomic E-state index is 12.8. The SMILES string of the molecule is CCc1ccc(NC)nc1.CN(C)C.CNc1c(C=O)oc2ccc(F)nc12.C\C=C/C(C=O)=C\C=C\C=O. The van der Waals surface area contributed by atoms with Crippen molar-refractivity contribution in [2.75, 3.05) is 45.9 Å². The van der Waals surface area contributed by atoms with E-state index in [1.165, 1.54) is 29.8 Å². The smallest absolute Gasteiger partial charge is 0.213 e. The van der Waals surface area contributed by atoms with Crippen LogP contribution in [-0.4, -0.2) is 69.0 Å². The number of allylic oxidation sites excluding steroid dienone is 6. The van der Waals surface area contributed by atoms with Crippen LogP contribution >= 0.6 is 0 Å². The number of aldehydes is 3. The Morgan fingerprint density at radius 2 is 1.74 bits per heavy atom. The molecule has 0 radical (unpaired) electrons. The average Bonchev–Trinajstić information content (AvgIpc) is 3.30. The first kappa shape index (κ1) is 34.6. The van der Waals surface area contributed by atoms with Crippen LogP contribution in [-0.2, 0) is 16.0 Å². The lowest BCUT2D eigenvalue weighted by atomic mass is 10.2. The van der Waals surface area contributed by atoms with Crippen LogP contribution < -0.4 is 10.6 Å². The van der Waals surface area contributed by atoms with Gasteiger partial charge in [0.15, 0.2) is 17.6 Å². The molecule has 0 unspecified atom stereocenters. The molecule has 0 saturated carbocycles. The predicted molar refractivity (Wildman–Crippen MR) is 156 cm³/mol. The monoisotopic (exact) mass is 539 g/mol. The quantitative estimate of drug-likeness (QED) is 0.174. The zero-order valence-corrected chi connectivity index (χ0v) is 23.6. The minimum Gasteiger partial charge on any atom is -0.449 e. The molecule has 0 aliphatic rings. The summed E-state index contributed by atoms with van der Waals surface area (Å²) in [4.78, 5) is 40.4. The number of nitrogens with zero attached hydrogens (tertiary/aromatic N) is 3. The Morgan fingerprint density at radius 1 is 1.05 bits per heavy atom. The van der Waals surface area contributed by atoms with Crippen LogP contribution in [0.3, 0.4) is 0 Å². The molecule has 39 heavy (non-hydrogen) atoms. The van der Waals surface area contributed by atoms with E-state index in [-0.39, 0.29) is 5.76 Å². The minimum atomic E-state index is -0.604. The Morgan fingerprint density at radius 3 is 2.21 bits per heavy atom. The number of carbonyl (C=O) groups excluding carboxylic acids is 3. The van der Waals surface area contributed by atoms with Crippen LogP contribution in [0.15, 0.2) is 70.8 Å². The summed E-state index contributed by atoms with van der Waals surface area (Å²) in [5.41, 5.74) is 2.95. The molecule has 0 bridgehead atoms. The molecule has 210 valence electrons. The zero-order chi connectivity index (χ0) is 29.6. The molecule has 0 fully saturated rings. The van der Waals surface area contributed by atoms with Gasteiger partial charge in [0.05, 0.1) is 0 Å². The summed E-state index contributed by atoms with van der Waals surface area (Å²) in [6, 6.07) is 6.68. The zero-order valence-electron chi connectivity index (χ0n) is 23.6. The molecular formula is C29H38FN5O4. The molecule has 9 nitrogen and oxygen atoms in total. The number of fused-ring (bicyclic) bond motifs is 1. The van der Waals surface area contributed by atoms with Crippen molar-refractivity contribution < 1.29 is 23.2 Å².